The van der Waals surface area contributed by atoms with Crippen molar-refractivity contribution in [2.45, 2.75) is 12.6 Å². The number of carbonyl (C=O) groups excluding carboxylic acids is 1. The number of nitrogens with zero attached hydrogens (tertiary/aromatic N) is 3. The lowest BCUT2D eigenvalue weighted by molar-refractivity contribution is -0.139. The molecule has 36 heavy (non-hydrogen) atoms. The van der Waals surface area contributed by atoms with E-state index in [9.17, 15) is 22.8 Å². The molecule has 0 N–H and O–H groups in total. The van der Waals surface area contributed by atoms with Crippen LogP contribution in [0.1, 0.15) is 11.1 Å². The van der Waals surface area contributed by atoms with Crippen molar-refractivity contribution in [2.75, 3.05) is 39.3 Å². The molecule has 0 bridgehead atoms. The molecule has 0 atom stereocenters. The minimum Gasteiger partial charge on any atom is -0.497 e. The van der Waals surface area contributed by atoms with E-state index < -0.39 is 29.0 Å². The molecule has 0 spiro atoms. The topological polar surface area (TPSA) is 82.9 Å². The lowest BCUT2D eigenvalue weighted by atomic mass is 10.0. The van der Waals surface area contributed by atoms with Crippen LogP contribution in [0.5, 0.6) is 11.5 Å². The van der Waals surface area contributed by atoms with Crippen molar-refractivity contribution in [1.82, 2.24) is 9.78 Å². The SMILES string of the molecule is COC(=O)CN1CCc2c(-c3cc(OC)cc(OC)c3)nn(-c3cc(Br)ccc3C(F)(F)F)c(=O)c21. The van der Waals surface area contributed by atoms with Crippen molar-refractivity contribution in [2.24, 2.45) is 0 Å². The average molecular weight is 568 g/mol. The molecule has 0 unspecified atom stereocenters. The number of alkyl halides is 3. The summed E-state index contributed by atoms with van der Waals surface area (Å²) in [5.74, 6) is 0.273. The Morgan fingerprint density at radius 2 is 1.75 bits per heavy atom. The van der Waals surface area contributed by atoms with Crippen LogP contribution in [-0.4, -0.2) is 50.2 Å². The van der Waals surface area contributed by atoms with Crippen LogP contribution in [0.4, 0.5) is 18.9 Å². The number of anilines is 1. The normalized spacial score (nSPS) is 12.9. The quantitative estimate of drug-likeness (QED) is 0.412. The number of aromatic nitrogens is 2. The third-order valence-electron chi connectivity index (χ3n) is 5.78. The number of halogens is 4. The molecule has 2 heterocycles. The van der Waals surface area contributed by atoms with E-state index in [4.69, 9.17) is 14.2 Å². The van der Waals surface area contributed by atoms with Gasteiger partial charge < -0.3 is 19.1 Å². The highest BCUT2D eigenvalue weighted by Gasteiger charge is 2.36. The number of fused-ring (bicyclic) bond motifs is 1. The standard InChI is InChI=1S/C24H21BrF3N3O5/c1-34-15-8-13(9-16(11-15)35-2)21-17-6-7-30(12-20(32)36-3)22(17)23(33)31(29-21)19-10-14(25)4-5-18(19)24(26,27)28/h4-5,8-11H,6-7,12H2,1-3H3. The van der Waals surface area contributed by atoms with Gasteiger partial charge in [0.05, 0.1) is 38.3 Å². The molecule has 8 nitrogen and oxygen atoms in total. The summed E-state index contributed by atoms with van der Waals surface area (Å²) in [6.07, 6.45) is -4.41. The van der Waals surface area contributed by atoms with Crippen molar-refractivity contribution in [3.05, 3.63) is 62.4 Å². The summed E-state index contributed by atoms with van der Waals surface area (Å²) in [5.41, 5.74) is -0.951. The summed E-state index contributed by atoms with van der Waals surface area (Å²) in [4.78, 5) is 27.1. The van der Waals surface area contributed by atoms with Crippen LogP contribution in [0.3, 0.4) is 0 Å². The van der Waals surface area contributed by atoms with E-state index >= 15 is 0 Å². The second-order valence-electron chi connectivity index (χ2n) is 7.90. The van der Waals surface area contributed by atoms with Gasteiger partial charge in [-0.25, -0.2) is 0 Å². The molecule has 3 aromatic rings. The first-order valence-electron chi connectivity index (χ1n) is 10.7. The summed E-state index contributed by atoms with van der Waals surface area (Å²) in [7, 11) is 4.15. The van der Waals surface area contributed by atoms with Gasteiger partial charge in [-0.1, -0.05) is 15.9 Å². The van der Waals surface area contributed by atoms with Gasteiger partial charge >= 0.3 is 12.1 Å². The molecule has 0 radical (unpaired) electrons. The minimum absolute atomic E-state index is 0.0836. The first-order chi connectivity index (χ1) is 17.1. The number of benzene rings is 2. The van der Waals surface area contributed by atoms with Crippen LogP contribution < -0.4 is 19.9 Å². The third kappa shape index (κ3) is 4.77. The van der Waals surface area contributed by atoms with Crippen molar-refractivity contribution in [3.8, 4) is 28.4 Å². The maximum atomic E-state index is 13.9. The van der Waals surface area contributed by atoms with Gasteiger partial charge in [-0.05, 0) is 36.8 Å². The fraction of sp³-hybridized carbons (Fsp3) is 0.292. The monoisotopic (exact) mass is 567 g/mol. The number of hydrogen-bond acceptors (Lipinski definition) is 7. The molecule has 1 aliphatic rings. The second kappa shape index (κ2) is 9.84. The number of hydrogen-bond donors (Lipinski definition) is 0. The summed E-state index contributed by atoms with van der Waals surface area (Å²) in [6, 6.07) is 8.23. The van der Waals surface area contributed by atoms with Crippen LogP contribution >= 0.6 is 15.9 Å². The highest BCUT2D eigenvalue weighted by Crippen LogP contribution is 2.38. The molecule has 4 rings (SSSR count). The van der Waals surface area contributed by atoms with E-state index in [1.54, 1.807) is 18.2 Å². The predicted molar refractivity (Wildman–Crippen MR) is 129 cm³/mol. The van der Waals surface area contributed by atoms with Gasteiger partial charge in [0.1, 0.15) is 23.7 Å². The van der Waals surface area contributed by atoms with Crippen LogP contribution in [0.2, 0.25) is 0 Å². The molecular weight excluding hydrogens is 547 g/mol. The molecule has 1 aliphatic heterocycles. The first kappa shape index (κ1) is 25.5. The highest BCUT2D eigenvalue weighted by molar-refractivity contribution is 9.10. The minimum atomic E-state index is -4.75. The van der Waals surface area contributed by atoms with E-state index in [1.807, 2.05) is 0 Å². The summed E-state index contributed by atoms with van der Waals surface area (Å²) in [6.45, 7) is 0.0400. The Labute approximate surface area is 212 Å². The van der Waals surface area contributed by atoms with E-state index in [0.717, 1.165) is 10.7 Å². The fourth-order valence-electron chi connectivity index (χ4n) is 4.11. The molecule has 12 heteroatoms. The predicted octanol–water partition coefficient (Wildman–Crippen LogP) is 4.23. The lowest BCUT2D eigenvalue weighted by Crippen LogP contribution is -2.35. The number of esters is 1. The van der Waals surface area contributed by atoms with Gasteiger partial charge in [0, 0.05) is 28.2 Å². The van der Waals surface area contributed by atoms with Gasteiger partial charge in [0.2, 0.25) is 0 Å². The molecule has 0 saturated heterocycles. The largest absolute Gasteiger partial charge is 0.497 e. The van der Waals surface area contributed by atoms with Crippen molar-refractivity contribution in [3.63, 3.8) is 0 Å². The molecule has 190 valence electrons. The molecule has 1 aromatic heterocycles. The van der Waals surface area contributed by atoms with Gasteiger partial charge in [-0.3, -0.25) is 9.59 Å². The smallest absolute Gasteiger partial charge is 0.418 e. The number of rotatable bonds is 6. The maximum Gasteiger partial charge on any atom is 0.418 e. The Bertz CT molecular complexity index is 1370. The Morgan fingerprint density at radius 1 is 1.08 bits per heavy atom. The Balaban J connectivity index is 2.06. The zero-order valence-corrected chi connectivity index (χ0v) is 21.1. The van der Waals surface area contributed by atoms with E-state index in [0.29, 0.717) is 33.5 Å². The molecule has 0 saturated carbocycles. The van der Waals surface area contributed by atoms with Crippen LogP contribution in [0.25, 0.3) is 16.9 Å². The first-order valence-corrected chi connectivity index (χ1v) is 11.4. The van der Waals surface area contributed by atoms with Crippen LogP contribution in [0.15, 0.2) is 45.7 Å². The molecule has 0 aliphatic carbocycles. The number of methoxy groups -OCH3 is 3. The fourth-order valence-corrected chi connectivity index (χ4v) is 4.46. The van der Waals surface area contributed by atoms with Crippen molar-refractivity contribution >= 4 is 27.6 Å². The van der Waals surface area contributed by atoms with Gasteiger partial charge in [0.15, 0.2) is 0 Å². The molecule has 0 amide bonds. The molecular formula is C24H21BrF3N3O5. The van der Waals surface area contributed by atoms with E-state index in [-0.39, 0.29) is 24.5 Å². The van der Waals surface area contributed by atoms with Gasteiger partial charge in [0.25, 0.3) is 5.56 Å². The maximum absolute atomic E-state index is 13.9. The van der Waals surface area contributed by atoms with Crippen molar-refractivity contribution < 1.29 is 32.2 Å². The van der Waals surface area contributed by atoms with E-state index in [1.165, 1.54) is 38.4 Å². The summed E-state index contributed by atoms with van der Waals surface area (Å²) in [5, 5.41) is 4.41. The second-order valence-corrected chi connectivity index (χ2v) is 8.82. The molecule has 0 fully saturated rings. The Hall–Kier alpha value is -3.54. The summed E-state index contributed by atoms with van der Waals surface area (Å²) < 4.78 is 58.3. The molecule has 2 aromatic carbocycles. The zero-order valence-electron chi connectivity index (χ0n) is 19.5. The van der Waals surface area contributed by atoms with Crippen molar-refractivity contribution in [1.29, 1.82) is 0 Å². The highest BCUT2D eigenvalue weighted by atomic mass is 79.9. The summed E-state index contributed by atoms with van der Waals surface area (Å²) >= 11 is 3.19. The Morgan fingerprint density at radius 3 is 2.33 bits per heavy atom. The van der Waals surface area contributed by atoms with Gasteiger partial charge in [-0.2, -0.15) is 23.0 Å². The average Bonchev–Trinajstić information content (AvgIpc) is 3.26. The number of ether oxygens (including phenoxy) is 3. The Kier molecular flexibility index (Phi) is 6.98. The zero-order chi connectivity index (χ0) is 26.2. The van der Waals surface area contributed by atoms with Crippen LogP contribution in [0, 0.1) is 0 Å². The lowest BCUT2D eigenvalue weighted by Gasteiger charge is -2.21. The number of carbonyl (C=O) groups is 1. The van der Waals surface area contributed by atoms with Gasteiger partial charge in [-0.15, -0.1) is 0 Å². The van der Waals surface area contributed by atoms with E-state index in [2.05, 4.69) is 21.0 Å². The third-order valence-corrected chi connectivity index (χ3v) is 6.27. The van der Waals surface area contributed by atoms with Crippen LogP contribution in [-0.2, 0) is 22.1 Å².